The van der Waals surface area contributed by atoms with E-state index in [1.54, 1.807) is 0 Å². The van der Waals surface area contributed by atoms with E-state index in [0.717, 1.165) is 22.7 Å². The molecule has 4 rings (SSSR count). The number of nitrogens with zero attached hydrogens (tertiary/aromatic N) is 2. The van der Waals surface area contributed by atoms with Crippen LogP contribution in [0, 0.1) is 0 Å². The number of anilines is 1. The SMILES string of the molecule is CC(Nc1ccc(Oc2ccccc2)cc1)c1nnc(-c2ccccc2)o1. The molecular formula is C22H19N3O2. The largest absolute Gasteiger partial charge is 0.457 e. The van der Waals surface area contributed by atoms with Crippen LogP contribution in [0.3, 0.4) is 0 Å². The first-order valence-electron chi connectivity index (χ1n) is 8.76. The molecule has 1 N–H and O–H groups in total. The van der Waals surface area contributed by atoms with Gasteiger partial charge in [0.1, 0.15) is 17.5 Å². The van der Waals surface area contributed by atoms with Crippen LogP contribution in [0.1, 0.15) is 18.9 Å². The van der Waals surface area contributed by atoms with Crippen molar-refractivity contribution >= 4 is 5.69 Å². The fourth-order valence-corrected chi connectivity index (χ4v) is 2.66. The number of benzene rings is 3. The van der Waals surface area contributed by atoms with Gasteiger partial charge in [0.2, 0.25) is 11.8 Å². The Balaban J connectivity index is 1.41. The third kappa shape index (κ3) is 4.15. The van der Waals surface area contributed by atoms with E-state index >= 15 is 0 Å². The van der Waals surface area contributed by atoms with Crippen molar-refractivity contribution in [1.29, 1.82) is 0 Å². The van der Waals surface area contributed by atoms with Crippen molar-refractivity contribution in [2.45, 2.75) is 13.0 Å². The van der Waals surface area contributed by atoms with Gasteiger partial charge in [0.15, 0.2) is 0 Å². The molecule has 0 fully saturated rings. The molecule has 5 nitrogen and oxygen atoms in total. The number of rotatable bonds is 6. The number of hydrogen-bond donors (Lipinski definition) is 1. The molecule has 5 heteroatoms. The predicted molar refractivity (Wildman–Crippen MR) is 105 cm³/mol. The standard InChI is InChI=1S/C22H19N3O2/c1-16(21-24-25-22(27-21)17-8-4-2-5-9-17)23-18-12-14-20(15-13-18)26-19-10-6-3-7-11-19/h2-16,23H,1H3. The van der Waals surface area contributed by atoms with Crippen molar-refractivity contribution in [2.75, 3.05) is 5.32 Å². The average Bonchev–Trinajstić information content (AvgIpc) is 3.21. The summed E-state index contributed by atoms with van der Waals surface area (Å²) in [6, 6.07) is 27.1. The lowest BCUT2D eigenvalue weighted by Crippen LogP contribution is -2.06. The van der Waals surface area contributed by atoms with Gasteiger partial charge in [0.25, 0.3) is 0 Å². The molecule has 1 atom stereocenters. The summed E-state index contributed by atoms with van der Waals surface area (Å²) >= 11 is 0. The van der Waals surface area contributed by atoms with Gasteiger partial charge in [0.05, 0.1) is 0 Å². The van der Waals surface area contributed by atoms with E-state index < -0.39 is 0 Å². The van der Waals surface area contributed by atoms with Gasteiger partial charge in [-0.05, 0) is 55.5 Å². The maximum Gasteiger partial charge on any atom is 0.247 e. The van der Waals surface area contributed by atoms with Crippen LogP contribution in [0.4, 0.5) is 5.69 Å². The van der Waals surface area contributed by atoms with Crippen molar-refractivity contribution in [3.63, 3.8) is 0 Å². The van der Waals surface area contributed by atoms with Crippen LogP contribution >= 0.6 is 0 Å². The molecule has 0 saturated carbocycles. The topological polar surface area (TPSA) is 60.2 Å². The molecule has 0 aliphatic rings. The molecule has 0 saturated heterocycles. The van der Waals surface area contributed by atoms with Crippen LogP contribution in [0.2, 0.25) is 0 Å². The molecule has 0 spiro atoms. The van der Waals surface area contributed by atoms with Crippen LogP contribution < -0.4 is 10.1 Å². The van der Waals surface area contributed by atoms with Crippen LogP contribution in [0.25, 0.3) is 11.5 Å². The van der Waals surface area contributed by atoms with E-state index in [0.29, 0.717) is 11.8 Å². The Morgan fingerprint density at radius 3 is 2.11 bits per heavy atom. The third-order valence-electron chi connectivity index (χ3n) is 4.05. The molecule has 0 aliphatic heterocycles. The lowest BCUT2D eigenvalue weighted by Gasteiger charge is -2.12. The molecule has 134 valence electrons. The second-order valence-electron chi connectivity index (χ2n) is 6.12. The summed E-state index contributed by atoms with van der Waals surface area (Å²) in [7, 11) is 0. The van der Waals surface area contributed by atoms with Gasteiger partial charge in [0, 0.05) is 11.3 Å². The van der Waals surface area contributed by atoms with Crippen molar-refractivity contribution in [1.82, 2.24) is 10.2 Å². The molecule has 27 heavy (non-hydrogen) atoms. The highest BCUT2D eigenvalue weighted by molar-refractivity contribution is 5.52. The second kappa shape index (κ2) is 7.74. The van der Waals surface area contributed by atoms with Gasteiger partial charge in [-0.3, -0.25) is 0 Å². The Morgan fingerprint density at radius 1 is 0.778 bits per heavy atom. The number of aromatic nitrogens is 2. The van der Waals surface area contributed by atoms with Crippen molar-refractivity contribution in [3.05, 3.63) is 90.8 Å². The van der Waals surface area contributed by atoms with E-state index in [-0.39, 0.29) is 6.04 Å². The Bertz CT molecular complexity index is 983. The van der Waals surface area contributed by atoms with Crippen molar-refractivity contribution in [2.24, 2.45) is 0 Å². The summed E-state index contributed by atoms with van der Waals surface area (Å²) < 4.78 is 11.6. The van der Waals surface area contributed by atoms with Gasteiger partial charge in [-0.1, -0.05) is 36.4 Å². The van der Waals surface area contributed by atoms with Gasteiger partial charge in [-0.25, -0.2) is 0 Å². The summed E-state index contributed by atoms with van der Waals surface area (Å²) in [5.41, 5.74) is 1.85. The molecule has 4 aromatic rings. The third-order valence-corrected chi connectivity index (χ3v) is 4.05. The van der Waals surface area contributed by atoms with Gasteiger partial charge < -0.3 is 14.5 Å². The first-order valence-corrected chi connectivity index (χ1v) is 8.76. The molecule has 0 bridgehead atoms. The minimum atomic E-state index is -0.115. The summed E-state index contributed by atoms with van der Waals surface area (Å²) in [6.07, 6.45) is 0. The molecule has 1 aromatic heterocycles. The lowest BCUT2D eigenvalue weighted by atomic mass is 10.2. The zero-order valence-electron chi connectivity index (χ0n) is 14.9. The number of hydrogen-bond acceptors (Lipinski definition) is 5. The summed E-state index contributed by atoms with van der Waals surface area (Å²) in [5, 5.41) is 11.7. The van der Waals surface area contributed by atoms with E-state index in [4.69, 9.17) is 9.15 Å². The van der Waals surface area contributed by atoms with Crippen LogP contribution in [-0.4, -0.2) is 10.2 Å². The van der Waals surface area contributed by atoms with Gasteiger partial charge in [-0.15, -0.1) is 10.2 Å². The zero-order valence-corrected chi connectivity index (χ0v) is 14.9. The molecular weight excluding hydrogens is 338 g/mol. The van der Waals surface area contributed by atoms with E-state index in [2.05, 4.69) is 15.5 Å². The highest BCUT2D eigenvalue weighted by Crippen LogP contribution is 2.26. The van der Waals surface area contributed by atoms with E-state index in [9.17, 15) is 0 Å². The highest BCUT2D eigenvalue weighted by Gasteiger charge is 2.14. The Morgan fingerprint density at radius 2 is 1.41 bits per heavy atom. The smallest absolute Gasteiger partial charge is 0.247 e. The minimum Gasteiger partial charge on any atom is -0.457 e. The van der Waals surface area contributed by atoms with Crippen molar-refractivity contribution < 1.29 is 9.15 Å². The minimum absolute atomic E-state index is 0.115. The Kier molecular flexibility index (Phi) is 4.83. The number of nitrogens with one attached hydrogen (secondary N) is 1. The summed E-state index contributed by atoms with van der Waals surface area (Å²) in [6.45, 7) is 1.98. The monoisotopic (exact) mass is 357 g/mol. The maximum absolute atomic E-state index is 5.81. The first-order chi connectivity index (χ1) is 13.3. The van der Waals surface area contributed by atoms with E-state index in [1.165, 1.54) is 0 Å². The van der Waals surface area contributed by atoms with Gasteiger partial charge >= 0.3 is 0 Å². The van der Waals surface area contributed by atoms with Crippen molar-refractivity contribution in [3.8, 4) is 23.0 Å². The highest BCUT2D eigenvalue weighted by atomic mass is 16.5. The molecule has 3 aromatic carbocycles. The maximum atomic E-state index is 5.81. The summed E-state index contributed by atoms with van der Waals surface area (Å²) in [4.78, 5) is 0. The molecule has 1 heterocycles. The normalized spacial score (nSPS) is 11.7. The molecule has 0 radical (unpaired) electrons. The predicted octanol–water partition coefficient (Wildman–Crippen LogP) is 5.70. The first kappa shape index (κ1) is 16.8. The zero-order chi connectivity index (χ0) is 18.5. The second-order valence-corrected chi connectivity index (χ2v) is 6.12. The average molecular weight is 357 g/mol. The van der Waals surface area contributed by atoms with E-state index in [1.807, 2.05) is 91.9 Å². The van der Waals surface area contributed by atoms with Crippen LogP contribution in [0.15, 0.2) is 89.3 Å². The lowest BCUT2D eigenvalue weighted by molar-refractivity contribution is 0.482. The Hall–Kier alpha value is -3.60. The van der Waals surface area contributed by atoms with Crippen LogP contribution in [0.5, 0.6) is 11.5 Å². The number of ether oxygens (including phenoxy) is 1. The molecule has 1 unspecified atom stereocenters. The summed E-state index contributed by atoms with van der Waals surface area (Å²) in [5.74, 6) is 2.65. The molecule has 0 amide bonds. The fraction of sp³-hybridized carbons (Fsp3) is 0.0909. The Labute approximate surface area is 157 Å². The van der Waals surface area contributed by atoms with Gasteiger partial charge in [-0.2, -0.15) is 0 Å². The fourth-order valence-electron chi connectivity index (χ4n) is 2.66. The quantitative estimate of drug-likeness (QED) is 0.479. The van der Waals surface area contributed by atoms with Crippen LogP contribution in [-0.2, 0) is 0 Å². The number of para-hydroxylation sites is 1. The molecule has 0 aliphatic carbocycles.